The molecule has 0 aliphatic carbocycles. The molecule has 0 saturated heterocycles. The number of carbonyl (C=O) groups excluding carboxylic acids is 1. The summed E-state index contributed by atoms with van der Waals surface area (Å²) in [4.78, 5) is 12.4. The van der Waals surface area contributed by atoms with E-state index in [1.165, 1.54) is 0 Å². The Morgan fingerprint density at radius 1 is 1.10 bits per heavy atom. The van der Waals surface area contributed by atoms with Crippen LogP contribution >= 0.6 is 11.8 Å². The molecule has 1 N–H and O–H groups in total. The zero-order valence-electron chi connectivity index (χ0n) is 16.5. The number of hydrogen-bond donors (Lipinski definition) is 1. The number of rotatable bonds is 10. The van der Waals surface area contributed by atoms with E-state index >= 15 is 0 Å². The highest BCUT2D eigenvalue weighted by Crippen LogP contribution is 2.19. The van der Waals surface area contributed by atoms with Crippen LogP contribution in [0, 0.1) is 0 Å². The lowest BCUT2D eigenvalue weighted by atomic mass is 10.3. The van der Waals surface area contributed by atoms with Crippen LogP contribution in [-0.2, 0) is 17.8 Å². The van der Waals surface area contributed by atoms with Crippen LogP contribution in [0.5, 0.6) is 11.5 Å². The highest BCUT2D eigenvalue weighted by molar-refractivity contribution is 7.99. The Morgan fingerprint density at radius 3 is 2.66 bits per heavy atom. The van der Waals surface area contributed by atoms with Gasteiger partial charge in [0.05, 0.1) is 20.1 Å². The van der Waals surface area contributed by atoms with Gasteiger partial charge in [-0.05, 0) is 31.2 Å². The van der Waals surface area contributed by atoms with Crippen molar-refractivity contribution in [3.63, 3.8) is 0 Å². The molecule has 8 heteroatoms. The highest BCUT2D eigenvalue weighted by atomic mass is 32.2. The number of hydrogen-bond acceptors (Lipinski definition) is 6. The zero-order chi connectivity index (χ0) is 20.5. The van der Waals surface area contributed by atoms with Crippen molar-refractivity contribution in [2.75, 3.05) is 24.8 Å². The molecule has 0 fully saturated rings. The van der Waals surface area contributed by atoms with Gasteiger partial charge in [-0.25, -0.2) is 0 Å². The minimum absolute atomic E-state index is 0.149. The molecule has 0 saturated carbocycles. The molecule has 3 aromatic rings. The third-order valence-electron chi connectivity index (χ3n) is 4.11. The van der Waals surface area contributed by atoms with Crippen LogP contribution in [-0.4, -0.2) is 40.1 Å². The summed E-state index contributed by atoms with van der Waals surface area (Å²) in [5.74, 6) is 2.77. The van der Waals surface area contributed by atoms with Crippen molar-refractivity contribution in [2.24, 2.45) is 0 Å². The minimum Gasteiger partial charge on any atom is -0.497 e. The molecule has 2 aromatic carbocycles. The lowest BCUT2D eigenvalue weighted by molar-refractivity contribution is -0.115. The average Bonchev–Trinajstić information content (AvgIpc) is 3.13. The molecule has 0 atom stereocenters. The van der Waals surface area contributed by atoms with Gasteiger partial charge in [0.25, 0.3) is 0 Å². The molecule has 1 aromatic heterocycles. The lowest BCUT2D eigenvalue weighted by Gasteiger charge is -2.09. The average molecular weight is 413 g/mol. The molecule has 152 valence electrons. The van der Waals surface area contributed by atoms with Crippen molar-refractivity contribution in [3.05, 3.63) is 60.4 Å². The van der Waals surface area contributed by atoms with Crippen molar-refractivity contribution in [1.29, 1.82) is 0 Å². The second kappa shape index (κ2) is 10.5. The lowest BCUT2D eigenvalue weighted by Crippen LogP contribution is -2.17. The predicted molar refractivity (Wildman–Crippen MR) is 114 cm³/mol. The van der Waals surface area contributed by atoms with Crippen LogP contribution < -0.4 is 14.8 Å². The number of nitrogens with one attached hydrogen (secondary N) is 1. The smallest absolute Gasteiger partial charge is 0.232 e. The van der Waals surface area contributed by atoms with Gasteiger partial charge in [-0.1, -0.05) is 36.0 Å². The summed E-state index contributed by atoms with van der Waals surface area (Å²) in [5, 5.41) is 12.1. The zero-order valence-corrected chi connectivity index (χ0v) is 17.3. The molecule has 3 rings (SSSR count). The fourth-order valence-corrected chi connectivity index (χ4v) is 3.57. The second-order valence-corrected chi connectivity index (χ2v) is 7.17. The minimum atomic E-state index is -0.149. The van der Waals surface area contributed by atoms with Crippen LogP contribution in [0.15, 0.2) is 59.8 Å². The molecule has 0 unspecified atom stereocenters. The first-order valence-corrected chi connectivity index (χ1v) is 10.3. The number of methoxy groups -OCH3 is 1. The number of anilines is 1. The van der Waals surface area contributed by atoms with Crippen LogP contribution in [0.25, 0.3) is 0 Å². The van der Waals surface area contributed by atoms with Crippen LogP contribution in [0.1, 0.15) is 12.7 Å². The van der Waals surface area contributed by atoms with Gasteiger partial charge >= 0.3 is 0 Å². The molecule has 0 radical (unpaired) electrons. The van der Waals surface area contributed by atoms with E-state index in [0.717, 1.165) is 16.7 Å². The molecule has 0 spiro atoms. The van der Waals surface area contributed by atoms with Gasteiger partial charge in [0.2, 0.25) is 5.91 Å². The molecule has 7 nitrogen and oxygen atoms in total. The Kier molecular flexibility index (Phi) is 7.52. The molecular weight excluding hydrogens is 388 g/mol. The fourth-order valence-electron chi connectivity index (χ4n) is 2.73. The Morgan fingerprint density at radius 2 is 1.90 bits per heavy atom. The molecule has 29 heavy (non-hydrogen) atoms. The first-order chi connectivity index (χ1) is 14.2. The number of para-hydroxylation sites is 1. The monoisotopic (exact) mass is 412 g/mol. The topological polar surface area (TPSA) is 78.3 Å². The largest absolute Gasteiger partial charge is 0.497 e. The standard InChI is InChI=1S/C21H24N4O3S/c1-3-25-19(15-20(26)22-16-8-7-11-18(14-16)27-2)23-24-21(25)29-13-12-28-17-9-5-4-6-10-17/h4-11,14H,3,12-13,15H2,1-2H3,(H,22,26). The fraction of sp³-hybridized carbons (Fsp3) is 0.286. The van der Waals surface area contributed by atoms with Crippen molar-refractivity contribution < 1.29 is 14.3 Å². The van der Waals surface area contributed by atoms with Gasteiger partial charge in [-0.2, -0.15) is 0 Å². The summed E-state index contributed by atoms with van der Waals surface area (Å²) in [6.45, 7) is 3.27. The summed E-state index contributed by atoms with van der Waals surface area (Å²) in [6, 6.07) is 16.9. The quantitative estimate of drug-likeness (QED) is 0.404. The predicted octanol–water partition coefficient (Wildman–Crippen LogP) is 3.66. The van der Waals surface area contributed by atoms with Gasteiger partial charge in [-0.15, -0.1) is 10.2 Å². The number of benzene rings is 2. The van der Waals surface area contributed by atoms with Gasteiger partial charge in [0, 0.05) is 24.1 Å². The Balaban J connectivity index is 1.53. The Labute approximate surface area is 174 Å². The Hall–Kier alpha value is -3.00. The van der Waals surface area contributed by atoms with Crippen molar-refractivity contribution >= 4 is 23.4 Å². The first-order valence-electron chi connectivity index (χ1n) is 9.36. The molecule has 1 heterocycles. The van der Waals surface area contributed by atoms with E-state index in [-0.39, 0.29) is 12.3 Å². The summed E-state index contributed by atoms with van der Waals surface area (Å²) >= 11 is 1.56. The third kappa shape index (κ3) is 5.99. The van der Waals surface area contributed by atoms with E-state index in [9.17, 15) is 4.79 Å². The SMILES string of the molecule is CCn1c(CC(=O)Nc2cccc(OC)c2)nnc1SCCOc1ccccc1. The van der Waals surface area contributed by atoms with Crippen LogP contribution in [0.3, 0.4) is 0 Å². The Bertz CT molecular complexity index is 931. The molecule has 1 amide bonds. The van der Waals surface area contributed by atoms with E-state index in [4.69, 9.17) is 9.47 Å². The number of thioether (sulfide) groups is 1. The summed E-state index contributed by atoms with van der Waals surface area (Å²) in [5.41, 5.74) is 0.685. The number of carbonyl (C=O) groups is 1. The normalized spacial score (nSPS) is 10.6. The number of ether oxygens (including phenoxy) is 2. The molecule has 0 bridgehead atoms. The van der Waals surface area contributed by atoms with E-state index < -0.39 is 0 Å². The van der Waals surface area contributed by atoms with Gasteiger partial charge < -0.3 is 19.4 Å². The summed E-state index contributed by atoms with van der Waals surface area (Å²) in [6.07, 6.45) is 0.152. The molecule has 0 aliphatic heterocycles. The van der Waals surface area contributed by atoms with Crippen molar-refractivity contribution in [1.82, 2.24) is 14.8 Å². The van der Waals surface area contributed by atoms with Gasteiger partial charge in [0.1, 0.15) is 17.3 Å². The highest BCUT2D eigenvalue weighted by Gasteiger charge is 2.15. The van der Waals surface area contributed by atoms with E-state index in [0.29, 0.717) is 30.4 Å². The van der Waals surface area contributed by atoms with E-state index in [1.807, 2.05) is 60.0 Å². The van der Waals surface area contributed by atoms with Crippen LogP contribution in [0.4, 0.5) is 5.69 Å². The van der Waals surface area contributed by atoms with E-state index in [1.54, 1.807) is 24.9 Å². The van der Waals surface area contributed by atoms with Crippen molar-refractivity contribution in [3.8, 4) is 11.5 Å². The molecular formula is C21H24N4O3S. The van der Waals surface area contributed by atoms with Gasteiger partial charge in [0.15, 0.2) is 5.16 Å². The maximum Gasteiger partial charge on any atom is 0.232 e. The first kappa shape index (κ1) is 20.7. The number of amides is 1. The summed E-state index contributed by atoms with van der Waals surface area (Å²) in [7, 11) is 1.59. The van der Waals surface area contributed by atoms with Crippen LogP contribution in [0.2, 0.25) is 0 Å². The van der Waals surface area contributed by atoms with Gasteiger partial charge in [-0.3, -0.25) is 4.79 Å². The van der Waals surface area contributed by atoms with Crippen molar-refractivity contribution in [2.45, 2.75) is 25.0 Å². The summed E-state index contributed by atoms with van der Waals surface area (Å²) < 4.78 is 12.8. The van der Waals surface area contributed by atoms with E-state index in [2.05, 4.69) is 15.5 Å². The maximum absolute atomic E-state index is 12.4. The number of aromatic nitrogens is 3. The second-order valence-electron chi connectivity index (χ2n) is 6.11. The molecule has 0 aliphatic rings. The maximum atomic E-state index is 12.4. The third-order valence-corrected chi connectivity index (χ3v) is 5.04. The number of nitrogens with zero attached hydrogens (tertiary/aromatic N) is 3.